The molecule has 2 aliphatic rings. The zero-order valence-corrected chi connectivity index (χ0v) is 17.8. The van der Waals surface area contributed by atoms with Crippen molar-refractivity contribution >= 4 is 11.9 Å². The van der Waals surface area contributed by atoms with E-state index in [2.05, 4.69) is 5.10 Å². The molecule has 0 bridgehead atoms. The number of carbonyl (C=O) groups is 2. The molecular formula is C22H27N3O5. The summed E-state index contributed by atoms with van der Waals surface area (Å²) in [7, 11) is 1.90. The summed E-state index contributed by atoms with van der Waals surface area (Å²) >= 11 is 0. The SMILES string of the molecule is CCOC(=O)C1CC1CN(Cc1c(C)nn(C)c1C)C(=O)c1ccc2c(c1)OCO2. The molecule has 8 nitrogen and oxygen atoms in total. The van der Waals surface area contributed by atoms with Crippen molar-refractivity contribution in [1.82, 2.24) is 14.7 Å². The maximum Gasteiger partial charge on any atom is 0.309 e. The van der Waals surface area contributed by atoms with Gasteiger partial charge >= 0.3 is 5.97 Å². The Hall–Kier alpha value is -3.03. The van der Waals surface area contributed by atoms with E-state index in [0.29, 0.717) is 36.8 Å². The Balaban J connectivity index is 1.57. The number of rotatable bonds is 7. The number of esters is 1. The van der Waals surface area contributed by atoms with E-state index in [1.54, 1.807) is 30.0 Å². The minimum absolute atomic E-state index is 0.106. The zero-order chi connectivity index (χ0) is 21.4. The van der Waals surface area contributed by atoms with Crippen molar-refractivity contribution in [3.63, 3.8) is 0 Å². The summed E-state index contributed by atoms with van der Waals surface area (Å²) in [5, 5.41) is 4.47. The molecule has 1 saturated carbocycles. The van der Waals surface area contributed by atoms with Gasteiger partial charge in [-0.3, -0.25) is 14.3 Å². The van der Waals surface area contributed by atoms with Crippen molar-refractivity contribution in [2.24, 2.45) is 18.9 Å². The van der Waals surface area contributed by atoms with Crippen molar-refractivity contribution in [1.29, 1.82) is 0 Å². The predicted octanol–water partition coefficient (Wildman–Crippen LogP) is 2.61. The lowest BCUT2D eigenvalue weighted by Gasteiger charge is -2.23. The first-order valence-electron chi connectivity index (χ1n) is 10.2. The number of ether oxygens (including phenoxy) is 3. The van der Waals surface area contributed by atoms with Crippen LogP contribution in [0.25, 0.3) is 0 Å². The molecule has 0 radical (unpaired) electrons. The Morgan fingerprint density at radius 1 is 1.27 bits per heavy atom. The lowest BCUT2D eigenvalue weighted by Crippen LogP contribution is -2.33. The molecule has 1 aliphatic heterocycles. The average Bonchev–Trinajstić information content (AvgIpc) is 3.26. The normalized spacial score (nSPS) is 18.9. The van der Waals surface area contributed by atoms with E-state index in [1.165, 1.54) is 0 Å². The fraction of sp³-hybridized carbons (Fsp3) is 0.500. The molecule has 160 valence electrons. The third-order valence-corrected chi connectivity index (χ3v) is 5.88. The number of carbonyl (C=O) groups excluding carboxylic acids is 2. The van der Waals surface area contributed by atoms with Gasteiger partial charge in [0, 0.05) is 37.0 Å². The van der Waals surface area contributed by atoms with Crippen LogP contribution in [0.5, 0.6) is 11.5 Å². The van der Waals surface area contributed by atoms with Crippen LogP contribution in [-0.2, 0) is 23.1 Å². The topological polar surface area (TPSA) is 82.9 Å². The van der Waals surface area contributed by atoms with E-state index >= 15 is 0 Å². The van der Waals surface area contributed by atoms with Gasteiger partial charge in [0.25, 0.3) is 5.91 Å². The van der Waals surface area contributed by atoms with Gasteiger partial charge < -0.3 is 19.1 Å². The molecule has 4 rings (SSSR count). The number of amides is 1. The summed E-state index contributed by atoms with van der Waals surface area (Å²) in [5.41, 5.74) is 3.48. The summed E-state index contributed by atoms with van der Waals surface area (Å²) in [6.07, 6.45) is 0.745. The number of nitrogens with zero attached hydrogens (tertiary/aromatic N) is 3. The second-order valence-corrected chi connectivity index (χ2v) is 7.88. The summed E-state index contributed by atoms with van der Waals surface area (Å²) < 4.78 is 17.8. The fourth-order valence-electron chi connectivity index (χ4n) is 3.94. The number of hydrogen-bond donors (Lipinski definition) is 0. The van der Waals surface area contributed by atoms with Gasteiger partial charge in [0.15, 0.2) is 11.5 Å². The van der Waals surface area contributed by atoms with E-state index in [4.69, 9.17) is 14.2 Å². The molecule has 2 heterocycles. The van der Waals surface area contributed by atoms with Gasteiger partial charge in [-0.2, -0.15) is 5.10 Å². The molecule has 1 aromatic heterocycles. The molecule has 2 unspecified atom stereocenters. The standard InChI is InChI=1S/C22H27N3O5/c1-5-28-22(27)17-8-16(17)10-25(11-18-13(2)23-24(4)14(18)3)21(26)15-6-7-19-20(9-15)30-12-29-19/h6-7,9,16-17H,5,8,10-12H2,1-4H3. The Labute approximate surface area is 175 Å². The van der Waals surface area contributed by atoms with Crippen molar-refractivity contribution in [3.8, 4) is 11.5 Å². The van der Waals surface area contributed by atoms with Crippen LogP contribution in [0.15, 0.2) is 18.2 Å². The highest BCUT2D eigenvalue weighted by Crippen LogP contribution is 2.41. The zero-order valence-electron chi connectivity index (χ0n) is 17.8. The van der Waals surface area contributed by atoms with Crippen molar-refractivity contribution in [3.05, 3.63) is 40.7 Å². The number of hydrogen-bond acceptors (Lipinski definition) is 6. The number of fused-ring (bicyclic) bond motifs is 1. The highest BCUT2D eigenvalue weighted by atomic mass is 16.7. The maximum absolute atomic E-state index is 13.4. The van der Waals surface area contributed by atoms with E-state index in [9.17, 15) is 9.59 Å². The van der Waals surface area contributed by atoms with Crippen LogP contribution in [-0.4, -0.2) is 46.5 Å². The van der Waals surface area contributed by atoms with Crippen molar-refractivity contribution < 1.29 is 23.8 Å². The fourth-order valence-corrected chi connectivity index (χ4v) is 3.94. The summed E-state index contributed by atoms with van der Waals surface area (Å²) in [6, 6.07) is 5.23. The Kier molecular flexibility index (Phi) is 5.40. The number of aryl methyl sites for hydroxylation is 2. The summed E-state index contributed by atoms with van der Waals surface area (Å²) in [4.78, 5) is 27.3. The van der Waals surface area contributed by atoms with Crippen molar-refractivity contribution in [2.75, 3.05) is 19.9 Å². The molecule has 1 amide bonds. The third-order valence-electron chi connectivity index (χ3n) is 5.88. The molecule has 1 aromatic carbocycles. The maximum atomic E-state index is 13.4. The molecule has 0 spiro atoms. The summed E-state index contributed by atoms with van der Waals surface area (Å²) in [6.45, 7) is 7.21. The molecule has 1 aliphatic carbocycles. The lowest BCUT2D eigenvalue weighted by molar-refractivity contribution is -0.145. The van der Waals surface area contributed by atoms with Crippen LogP contribution < -0.4 is 9.47 Å². The van der Waals surface area contributed by atoms with Crippen LogP contribution >= 0.6 is 0 Å². The van der Waals surface area contributed by atoms with Gasteiger partial charge in [-0.25, -0.2) is 0 Å². The first kappa shape index (κ1) is 20.3. The first-order valence-corrected chi connectivity index (χ1v) is 10.2. The lowest BCUT2D eigenvalue weighted by atomic mass is 10.1. The minimum Gasteiger partial charge on any atom is -0.466 e. The molecular weight excluding hydrogens is 386 g/mol. The van der Waals surface area contributed by atoms with Gasteiger partial charge in [0.05, 0.1) is 18.2 Å². The first-order chi connectivity index (χ1) is 14.4. The quantitative estimate of drug-likeness (QED) is 0.649. The Morgan fingerprint density at radius 2 is 2.03 bits per heavy atom. The van der Waals surface area contributed by atoms with E-state index in [1.807, 2.05) is 25.6 Å². The molecule has 2 aromatic rings. The van der Waals surface area contributed by atoms with Crippen molar-refractivity contribution in [2.45, 2.75) is 33.7 Å². The molecule has 1 fully saturated rings. The predicted molar refractivity (Wildman–Crippen MR) is 108 cm³/mol. The molecule has 0 saturated heterocycles. The molecule has 30 heavy (non-hydrogen) atoms. The highest BCUT2D eigenvalue weighted by Gasteiger charge is 2.45. The van der Waals surface area contributed by atoms with Gasteiger partial charge in [0.1, 0.15) is 0 Å². The highest BCUT2D eigenvalue weighted by molar-refractivity contribution is 5.95. The molecule has 0 N–H and O–H groups in total. The van der Waals surface area contributed by atoms with Crippen LogP contribution in [0.4, 0.5) is 0 Å². The van der Waals surface area contributed by atoms with Crippen LogP contribution in [0.3, 0.4) is 0 Å². The van der Waals surface area contributed by atoms with E-state index in [-0.39, 0.29) is 30.5 Å². The second kappa shape index (κ2) is 8.01. The average molecular weight is 413 g/mol. The second-order valence-electron chi connectivity index (χ2n) is 7.88. The van der Waals surface area contributed by atoms with E-state index < -0.39 is 0 Å². The Morgan fingerprint density at radius 3 is 2.73 bits per heavy atom. The summed E-state index contributed by atoms with van der Waals surface area (Å²) in [5.74, 6) is 0.913. The smallest absolute Gasteiger partial charge is 0.309 e. The third kappa shape index (κ3) is 3.86. The van der Waals surface area contributed by atoms with Crippen LogP contribution in [0, 0.1) is 25.7 Å². The Bertz CT molecular complexity index is 983. The van der Waals surface area contributed by atoms with E-state index in [0.717, 1.165) is 23.4 Å². The monoisotopic (exact) mass is 413 g/mol. The van der Waals surface area contributed by atoms with Crippen LogP contribution in [0.1, 0.15) is 40.7 Å². The largest absolute Gasteiger partial charge is 0.466 e. The van der Waals surface area contributed by atoms with Gasteiger partial charge in [-0.15, -0.1) is 0 Å². The molecule has 8 heteroatoms. The number of aromatic nitrogens is 2. The minimum atomic E-state index is -0.174. The van der Waals surface area contributed by atoms with Gasteiger partial charge in [-0.1, -0.05) is 0 Å². The molecule has 2 atom stereocenters. The van der Waals surface area contributed by atoms with Gasteiger partial charge in [-0.05, 0) is 51.3 Å². The van der Waals surface area contributed by atoms with Gasteiger partial charge in [0.2, 0.25) is 6.79 Å². The number of benzene rings is 1. The van der Waals surface area contributed by atoms with Crippen LogP contribution in [0.2, 0.25) is 0 Å².